The average Bonchev–Trinajstić information content (AvgIpc) is 2.63. The van der Waals surface area contributed by atoms with Gasteiger partial charge in [-0.1, -0.05) is 6.07 Å². The smallest absolute Gasteiger partial charge is 0.294 e. The van der Waals surface area contributed by atoms with Crippen LogP contribution in [0.25, 0.3) is 0 Å². The first kappa shape index (κ1) is 12.4. The second-order valence-electron chi connectivity index (χ2n) is 4.61. The minimum absolute atomic E-state index is 0.0304. The van der Waals surface area contributed by atoms with E-state index in [4.69, 9.17) is 4.55 Å². The summed E-state index contributed by atoms with van der Waals surface area (Å²) in [5.41, 5.74) is 1.94. The number of aryl methyl sites for hydroxylation is 1. The molecule has 4 nitrogen and oxygen atoms in total. The molecule has 0 bridgehead atoms. The van der Waals surface area contributed by atoms with Crippen molar-refractivity contribution >= 4 is 15.8 Å². The Morgan fingerprint density at radius 1 is 1.41 bits per heavy atom. The van der Waals surface area contributed by atoms with Gasteiger partial charge in [0.2, 0.25) is 0 Å². The molecule has 1 fully saturated rings. The Morgan fingerprint density at radius 2 is 2.12 bits per heavy atom. The molecular formula is C12H17NO3S. The molecule has 1 aliphatic heterocycles. The van der Waals surface area contributed by atoms with Gasteiger partial charge in [0.1, 0.15) is 0 Å². The summed E-state index contributed by atoms with van der Waals surface area (Å²) in [5, 5.41) is 0. The first-order valence-electron chi connectivity index (χ1n) is 5.74. The highest BCUT2D eigenvalue weighted by molar-refractivity contribution is 7.85. The predicted octanol–water partition coefficient (Wildman–Crippen LogP) is 2.23. The first-order chi connectivity index (χ1) is 7.89. The van der Waals surface area contributed by atoms with Gasteiger partial charge in [0.15, 0.2) is 0 Å². The predicted molar refractivity (Wildman–Crippen MR) is 67.0 cm³/mol. The highest BCUT2D eigenvalue weighted by Crippen LogP contribution is 2.30. The standard InChI is InChI=1S/C12H17NO3S/c1-9-5-6-11(17(14,15)16)8-12(9)13-7-3-4-10(13)2/h5-6,8,10H,3-4,7H2,1-2H3,(H,14,15,16). The van der Waals surface area contributed by atoms with Crippen LogP contribution in [0.4, 0.5) is 5.69 Å². The highest BCUT2D eigenvalue weighted by atomic mass is 32.2. The molecule has 0 aromatic heterocycles. The van der Waals surface area contributed by atoms with E-state index in [0.717, 1.165) is 30.6 Å². The number of rotatable bonds is 2. The molecule has 5 heteroatoms. The van der Waals surface area contributed by atoms with Gasteiger partial charge in [-0.15, -0.1) is 0 Å². The van der Waals surface area contributed by atoms with Crippen molar-refractivity contribution in [3.05, 3.63) is 23.8 Å². The van der Waals surface area contributed by atoms with Crippen LogP contribution in [0.5, 0.6) is 0 Å². The molecule has 2 rings (SSSR count). The van der Waals surface area contributed by atoms with E-state index in [9.17, 15) is 8.42 Å². The fraction of sp³-hybridized carbons (Fsp3) is 0.500. The number of nitrogens with zero attached hydrogens (tertiary/aromatic N) is 1. The maximum absolute atomic E-state index is 11.1. The number of anilines is 1. The first-order valence-corrected chi connectivity index (χ1v) is 7.18. The number of benzene rings is 1. The monoisotopic (exact) mass is 255 g/mol. The fourth-order valence-electron chi connectivity index (χ4n) is 2.35. The molecule has 0 radical (unpaired) electrons. The lowest BCUT2D eigenvalue weighted by Crippen LogP contribution is -2.27. The summed E-state index contributed by atoms with van der Waals surface area (Å²) in [4.78, 5) is 2.17. The molecule has 1 aromatic carbocycles. The van der Waals surface area contributed by atoms with E-state index < -0.39 is 10.1 Å². The van der Waals surface area contributed by atoms with Crippen LogP contribution in [0, 0.1) is 6.92 Å². The van der Waals surface area contributed by atoms with Gasteiger partial charge in [0, 0.05) is 18.3 Å². The quantitative estimate of drug-likeness (QED) is 0.823. The van der Waals surface area contributed by atoms with Crippen molar-refractivity contribution in [1.29, 1.82) is 0 Å². The van der Waals surface area contributed by atoms with E-state index in [1.165, 1.54) is 6.07 Å². The molecular weight excluding hydrogens is 238 g/mol. The van der Waals surface area contributed by atoms with Crippen LogP contribution < -0.4 is 4.90 Å². The Morgan fingerprint density at radius 3 is 2.65 bits per heavy atom. The van der Waals surface area contributed by atoms with Gasteiger partial charge in [-0.05, 0) is 44.4 Å². The van der Waals surface area contributed by atoms with Gasteiger partial charge >= 0.3 is 0 Å². The van der Waals surface area contributed by atoms with Crippen molar-refractivity contribution in [2.45, 2.75) is 37.6 Å². The Hall–Kier alpha value is -1.07. The van der Waals surface area contributed by atoms with E-state index in [1.807, 2.05) is 6.92 Å². The minimum Gasteiger partial charge on any atom is -0.369 e. The summed E-state index contributed by atoms with van der Waals surface area (Å²) in [6, 6.07) is 5.16. The highest BCUT2D eigenvalue weighted by Gasteiger charge is 2.23. The molecule has 1 unspecified atom stereocenters. The molecule has 0 saturated carbocycles. The fourth-order valence-corrected chi connectivity index (χ4v) is 2.85. The molecule has 1 aliphatic rings. The molecule has 0 amide bonds. The van der Waals surface area contributed by atoms with Crippen LogP contribution in [0.15, 0.2) is 23.1 Å². The summed E-state index contributed by atoms with van der Waals surface area (Å²) in [7, 11) is -4.12. The Bertz CT molecular complexity index is 525. The van der Waals surface area contributed by atoms with Gasteiger partial charge in [0.25, 0.3) is 10.1 Å². The Balaban J connectivity index is 2.46. The number of hydrogen-bond donors (Lipinski definition) is 1. The second-order valence-corrected chi connectivity index (χ2v) is 6.03. The molecule has 94 valence electrons. The van der Waals surface area contributed by atoms with Crippen LogP contribution in [0.2, 0.25) is 0 Å². The maximum atomic E-state index is 11.1. The van der Waals surface area contributed by atoms with Crippen molar-refractivity contribution in [1.82, 2.24) is 0 Å². The summed E-state index contributed by atoms with van der Waals surface area (Å²) >= 11 is 0. The second kappa shape index (κ2) is 4.31. The third-order valence-corrected chi connectivity index (χ3v) is 4.19. The number of hydrogen-bond acceptors (Lipinski definition) is 3. The summed E-state index contributed by atoms with van der Waals surface area (Å²) in [5.74, 6) is 0. The summed E-state index contributed by atoms with van der Waals surface area (Å²) < 4.78 is 31.3. The molecule has 1 aromatic rings. The van der Waals surface area contributed by atoms with Crippen LogP contribution in [0.3, 0.4) is 0 Å². The van der Waals surface area contributed by atoms with E-state index in [0.29, 0.717) is 6.04 Å². The largest absolute Gasteiger partial charge is 0.369 e. The normalized spacial score (nSPS) is 20.9. The maximum Gasteiger partial charge on any atom is 0.294 e. The molecule has 17 heavy (non-hydrogen) atoms. The Labute approximate surface area is 102 Å². The molecule has 1 N–H and O–H groups in total. The van der Waals surface area contributed by atoms with Gasteiger partial charge in [-0.3, -0.25) is 4.55 Å². The van der Waals surface area contributed by atoms with E-state index in [1.54, 1.807) is 12.1 Å². The van der Waals surface area contributed by atoms with Crippen molar-refractivity contribution in [2.75, 3.05) is 11.4 Å². The molecule has 1 atom stereocenters. The third-order valence-electron chi connectivity index (χ3n) is 3.34. The van der Waals surface area contributed by atoms with Crippen molar-refractivity contribution in [2.24, 2.45) is 0 Å². The van der Waals surface area contributed by atoms with Crippen molar-refractivity contribution in [3.63, 3.8) is 0 Å². The van der Waals surface area contributed by atoms with Gasteiger partial charge < -0.3 is 4.90 Å². The topological polar surface area (TPSA) is 57.6 Å². The zero-order valence-electron chi connectivity index (χ0n) is 10.0. The van der Waals surface area contributed by atoms with Gasteiger partial charge in [-0.25, -0.2) is 0 Å². The van der Waals surface area contributed by atoms with E-state index in [2.05, 4.69) is 11.8 Å². The molecule has 0 aliphatic carbocycles. The SMILES string of the molecule is Cc1ccc(S(=O)(=O)O)cc1N1CCCC1C. The van der Waals surface area contributed by atoms with Crippen molar-refractivity contribution < 1.29 is 13.0 Å². The summed E-state index contributed by atoms with van der Waals surface area (Å²) in [6.45, 7) is 5.03. The van der Waals surface area contributed by atoms with Gasteiger partial charge in [-0.2, -0.15) is 8.42 Å². The van der Waals surface area contributed by atoms with E-state index >= 15 is 0 Å². The van der Waals surface area contributed by atoms with Crippen LogP contribution >= 0.6 is 0 Å². The lowest BCUT2D eigenvalue weighted by Gasteiger charge is -2.26. The third kappa shape index (κ3) is 2.45. The molecule has 1 heterocycles. The molecule has 1 saturated heterocycles. The minimum atomic E-state index is -4.12. The Kier molecular flexibility index (Phi) is 3.14. The van der Waals surface area contributed by atoms with Crippen LogP contribution in [0.1, 0.15) is 25.3 Å². The zero-order chi connectivity index (χ0) is 12.6. The molecule has 0 spiro atoms. The van der Waals surface area contributed by atoms with Crippen LogP contribution in [-0.2, 0) is 10.1 Å². The zero-order valence-corrected chi connectivity index (χ0v) is 10.9. The summed E-state index contributed by atoms with van der Waals surface area (Å²) in [6.07, 6.45) is 2.24. The van der Waals surface area contributed by atoms with Gasteiger partial charge in [0.05, 0.1) is 4.90 Å². The van der Waals surface area contributed by atoms with Crippen molar-refractivity contribution in [3.8, 4) is 0 Å². The lowest BCUT2D eigenvalue weighted by molar-refractivity contribution is 0.483. The lowest BCUT2D eigenvalue weighted by atomic mass is 10.1. The van der Waals surface area contributed by atoms with E-state index in [-0.39, 0.29) is 4.90 Å². The average molecular weight is 255 g/mol. The van der Waals surface area contributed by atoms with Crippen LogP contribution in [-0.4, -0.2) is 25.6 Å².